The van der Waals surface area contributed by atoms with Crippen LogP contribution in [0.25, 0.3) is 0 Å². The molecule has 0 aliphatic carbocycles. The molecule has 0 unspecified atom stereocenters. The first kappa shape index (κ1) is 14.9. The molecule has 0 atom stereocenters. The van der Waals surface area contributed by atoms with Gasteiger partial charge in [0.15, 0.2) is 5.82 Å². The molecule has 0 spiro atoms. The first-order valence-electron chi connectivity index (χ1n) is 5.66. The van der Waals surface area contributed by atoms with Gasteiger partial charge >= 0.3 is 6.03 Å². The number of carbonyl (C=O) groups excluding carboxylic acids is 1. The Balaban J connectivity index is 2.17. The summed E-state index contributed by atoms with van der Waals surface area (Å²) in [5.74, 6) is -0.732. The van der Waals surface area contributed by atoms with Crippen molar-refractivity contribution in [3.05, 3.63) is 36.3 Å². The van der Waals surface area contributed by atoms with Gasteiger partial charge in [-0.25, -0.2) is 22.7 Å². The Morgan fingerprint density at radius 2 is 2.10 bits per heavy atom. The number of rotatable bonds is 3. The maximum Gasteiger partial charge on any atom is 0.324 e. The first-order chi connectivity index (χ1) is 9.75. The Morgan fingerprint density at radius 3 is 2.71 bits per heavy atom. The summed E-state index contributed by atoms with van der Waals surface area (Å²) in [5, 5.41) is 13.4. The van der Waals surface area contributed by atoms with Crippen molar-refractivity contribution >= 4 is 27.6 Å². The lowest BCUT2D eigenvalue weighted by Crippen LogP contribution is -2.22. The number of hydrogen-bond acceptors (Lipinski definition) is 4. The average molecular weight is 313 g/mol. The van der Waals surface area contributed by atoms with Crippen LogP contribution >= 0.6 is 0 Å². The molecule has 0 aliphatic heterocycles. The topological polar surface area (TPSA) is 119 Å². The fraction of sp³-hybridized carbons (Fsp3) is 0.0909. The number of amides is 2. The van der Waals surface area contributed by atoms with Crippen LogP contribution in [0.1, 0.15) is 0 Å². The second kappa shape index (κ2) is 5.50. The number of anilines is 2. The summed E-state index contributed by atoms with van der Waals surface area (Å²) in [4.78, 5) is 11.4. The molecule has 0 fully saturated rings. The van der Waals surface area contributed by atoms with E-state index in [1.54, 1.807) is 0 Å². The Labute approximate surface area is 119 Å². The molecule has 21 heavy (non-hydrogen) atoms. The fourth-order valence-corrected chi connectivity index (χ4v) is 2.26. The highest BCUT2D eigenvalue weighted by Crippen LogP contribution is 2.17. The molecule has 0 aliphatic rings. The second-order valence-electron chi connectivity index (χ2n) is 4.15. The number of hydrogen-bond donors (Lipinski definition) is 3. The molecule has 1 heterocycles. The number of aromatic nitrogens is 2. The lowest BCUT2D eigenvalue weighted by atomic mass is 10.3. The third-order valence-corrected chi connectivity index (χ3v) is 3.33. The van der Waals surface area contributed by atoms with Gasteiger partial charge in [-0.2, -0.15) is 5.10 Å². The van der Waals surface area contributed by atoms with E-state index in [1.165, 1.54) is 29.9 Å². The van der Waals surface area contributed by atoms with Gasteiger partial charge in [0.25, 0.3) is 0 Å². The number of sulfonamides is 1. The zero-order chi connectivity index (χ0) is 15.6. The molecule has 0 saturated carbocycles. The van der Waals surface area contributed by atoms with Gasteiger partial charge in [0.1, 0.15) is 10.7 Å². The molecule has 0 saturated heterocycles. The van der Waals surface area contributed by atoms with Crippen molar-refractivity contribution in [1.82, 2.24) is 9.78 Å². The highest BCUT2D eigenvalue weighted by molar-refractivity contribution is 7.89. The maximum atomic E-state index is 13.0. The van der Waals surface area contributed by atoms with Crippen LogP contribution in [0.2, 0.25) is 0 Å². The van der Waals surface area contributed by atoms with Crippen LogP contribution in [-0.2, 0) is 17.1 Å². The molecule has 2 amide bonds. The highest BCUT2D eigenvalue weighted by atomic mass is 32.2. The Hall–Kier alpha value is -2.46. The van der Waals surface area contributed by atoms with Gasteiger partial charge in [0.2, 0.25) is 10.0 Å². The summed E-state index contributed by atoms with van der Waals surface area (Å²) in [6.07, 6.45) is 1.16. The van der Waals surface area contributed by atoms with Crippen molar-refractivity contribution in [3.8, 4) is 0 Å². The van der Waals surface area contributed by atoms with Crippen molar-refractivity contribution in [2.45, 2.75) is 4.90 Å². The molecular formula is C11H12FN5O3S. The average Bonchev–Trinajstić information content (AvgIpc) is 2.69. The van der Waals surface area contributed by atoms with Crippen LogP contribution in [0, 0.1) is 5.82 Å². The molecule has 1 aromatic carbocycles. The molecule has 0 bridgehead atoms. The summed E-state index contributed by atoms with van der Waals surface area (Å²) in [6.45, 7) is 0. The molecular weight excluding hydrogens is 301 g/mol. The molecule has 0 radical (unpaired) electrons. The molecule has 112 valence electrons. The molecule has 2 rings (SSSR count). The third-order valence-electron chi connectivity index (χ3n) is 2.42. The van der Waals surface area contributed by atoms with Gasteiger partial charge in [-0.1, -0.05) is 6.07 Å². The normalized spacial score (nSPS) is 11.2. The number of urea groups is 1. The minimum atomic E-state index is -4.02. The van der Waals surface area contributed by atoms with Crippen molar-refractivity contribution in [2.75, 3.05) is 10.6 Å². The summed E-state index contributed by atoms with van der Waals surface area (Å²) < 4.78 is 36.9. The zero-order valence-corrected chi connectivity index (χ0v) is 11.7. The van der Waals surface area contributed by atoms with E-state index in [-0.39, 0.29) is 16.4 Å². The lowest BCUT2D eigenvalue weighted by Gasteiger charge is -2.06. The van der Waals surface area contributed by atoms with Gasteiger partial charge in [-0.3, -0.25) is 10.00 Å². The van der Waals surface area contributed by atoms with Crippen LogP contribution in [0.15, 0.2) is 35.4 Å². The van der Waals surface area contributed by atoms with Crippen molar-refractivity contribution < 1.29 is 17.6 Å². The SMILES string of the molecule is Cn1cc(S(N)(=O)=O)c(NC(=O)Nc2cccc(F)c2)n1. The molecule has 8 nitrogen and oxygen atoms in total. The summed E-state index contributed by atoms with van der Waals surface area (Å²) in [5.41, 5.74) is 0.209. The zero-order valence-electron chi connectivity index (χ0n) is 10.9. The largest absolute Gasteiger partial charge is 0.324 e. The van der Waals surface area contributed by atoms with E-state index in [0.29, 0.717) is 0 Å². The highest BCUT2D eigenvalue weighted by Gasteiger charge is 2.19. The predicted molar refractivity (Wildman–Crippen MR) is 73.6 cm³/mol. The second-order valence-corrected chi connectivity index (χ2v) is 5.68. The van der Waals surface area contributed by atoms with Gasteiger partial charge in [-0.15, -0.1) is 0 Å². The number of nitrogens with two attached hydrogens (primary N) is 1. The predicted octanol–water partition coefficient (Wildman–Crippen LogP) is 0.851. The summed E-state index contributed by atoms with van der Waals surface area (Å²) >= 11 is 0. The minimum absolute atomic E-state index is 0.209. The minimum Gasteiger partial charge on any atom is -0.308 e. The van der Waals surface area contributed by atoms with E-state index in [9.17, 15) is 17.6 Å². The number of nitrogens with one attached hydrogen (secondary N) is 2. The fourth-order valence-electron chi connectivity index (χ4n) is 1.60. The van der Waals surface area contributed by atoms with Gasteiger partial charge in [-0.05, 0) is 18.2 Å². The molecule has 1 aromatic heterocycles. The van der Waals surface area contributed by atoms with Crippen LogP contribution in [0.5, 0.6) is 0 Å². The smallest absolute Gasteiger partial charge is 0.308 e. The number of primary sulfonamides is 1. The summed E-state index contributed by atoms with van der Waals surface area (Å²) in [7, 11) is -2.55. The van der Waals surface area contributed by atoms with Crippen molar-refractivity contribution in [1.29, 1.82) is 0 Å². The molecule has 2 aromatic rings. The van der Waals surface area contributed by atoms with Crippen molar-refractivity contribution in [2.24, 2.45) is 12.2 Å². The number of carbonyl (C=O) groups is 1. The number of nitrogens with zero attached hydrogens (tertiary/aromatic N) is 2. The van der Waals surface area contributed by atoms with Gasteiger partial charge in [0, 0.05) is 18.9 Å². The Bertz CT molecular complexity index is 787. The third kappa shape index (κ3) is 3.77. The van der Waals surface area contributed by atoms with E-state index in [2.05, 4.69) is 15.7 Å². The van der Waals surface area contributed by atoms with E-state index in [4.69, 9.17) is 5.14 Å². The maximum absolute atomic E-state index is 13.0. The number of benzene rings is 1. The van der Waals surface area contributed by atoms with Crippen molar-refractivity contribution in [3.63, 3.8) is 0 Å². The van der Waals surface area contributed by atoms with E-state index in [1.807, 2.05) is 0 Å². The van der Waals surface area contributed by atoms with Crippen LogP contribution in [0.3, 0.4) is 0 Å². The van der Waals surface area contributed by atoms with Crippen LogP contribution in [0.4, 0.5) is 20.7 Å². The summed E-state index contributed by atoms with van der Waals surface area (Å²) in [6, 6.07) is 4.45. The lowest BCUT2D eigenvalue weighted by molar-refractivity contribution is 0.262. The Morgan fingerprint density at radius 1 is 1.38 bits per heavy atom. The molecule has 10 heteroatoms. The van der Waals surface area contributed by atoms with Crippen LogP contribution in [-0.4, -0.2) is 24.2 Å². The van der Waals surface area contributed by atoms with E-state index < -0.39 is 21.9 Å². The van der Waals surface area contributed by atoms with E-state index in [0.717, 1.165) is 12.3 Å². The standard InChI is InChI=1S/C11H12FN5O3S/c1-17-6-9(21(13,19)20)10(16-17)15-11(18)14-8-4-2-3-7(12)5-8/h2-6H,1H3,(H2,13,19,20)(H2,14,15,16,18). The van der Waals surface area contributed by atoms with E-state index >= 15 is 0 Å². The number of halogens is 1. The quantitative estimate of drug-likeness (QED) is 0.778. The van der Waals surface area contributed by atoms with Crippen LogP contribution < -0.4 is 15.8 Å². The van der Waals surface area contributed by atoms with Gasteiger partial charge < -0.3 is 5.32 Å². The molecule has 4 N–H and O–H groups in total. The number of aryl methyl sites for hydroxylation is 1. The van der Waals surface area contributed by atoms with Gasteiger partial charge in [0.05, 0.1) is 0 Å². The monoisotopic (exact) mass is 313 g/mol. The first-order valence-corrected chi connectivity index (χ1v) is 7.20. The Kier molecular flexibility index (Phi) is 3.91.